The largest absolute Gasteiger partial charge is 0.333 e. The molecule has 2 aromatic carbocycles. The van der Waals surface area contributed by atoms with Crippen LogP contribution in [0, 0.1) is 6.92 Å². The first kappa shape index (κ1) is 18.4. The standard InChI is InChI=1S/C16H17N3O5S/c1-11-2-8-14(9-3-11)25(23,24)19-16(21)17-10-12-4-6-13(7-5-12)15(20)18-22/h2-9,22H,10H2,1H3,(H,18,20)(H2,17,19,21). The van der Waals surface area contributed by atoms with Crippen LogP contribution in [0.5, 0.6) is 0 Å². The van der Waals surface area contributed by atoms with Crippen LogP contribution in [-0.4, -0.2) is 25.6 Å². The molecule has 8 nitrogen and oxygen atoms in total. The van der Waals surface area contributed by atoms with E-state index in [4.69, 9.17) is 5.21 Å². The van der Waals surface area contributed by atoms with E-state index in [2.05, 4.69) is 5.32 Å². The molecule has 0 aromatic heterocycles. The third kappa shape index (κ3) is 5.03. The quantitative estimate of drug-likeness (QED) is 0.471. The molecule has 9 heteroatoms. The van der Waals surface area contributed by atoms with E-state index in [1.807, 2.05) is 11.6 Å². The van der Waals surface area contributed by atoms with Gasteiger partial charge < -0.3 is 5.32 Å². The molecule has 132 valence electrons. The van der Waals surface area contributed by atoms with Crippen LogP contribution in [0.25, 0.3) is 0 Å². The van der Waals surface area contributed by atoms with Gasteiger partial charge in [0.1, 0.15) is 0 Å². The molecule has 0 spiro atoms. The van der Waals surface area contributed by atoms with Crippen molar-refractivity contribution in [2.24, 2.45) is 0 Å². The highest BCUT2D eigenvalue weighted by atomic mass is 32.2. The van der Waals surface area contributed by atoms with Crippen LogP contribution in [0.2, 0.25) is 0 Å². The Morgan fingerprint density at radius 1 is 1.00 bits per heavy atom. The summed E-state index contributed by atoms with van der Waals surface area (Å²) in [5.74, 6) is -0.651. The fourth-order valence-corrected chi connectivity index (χ4v) is 2.88. The van der Waals surface area contributed by atoms with E-state index in [0.29, 0.717) is 5.56 Å². The lowest BCUT2D eigenvalue weighted by Gasteiger charge is -2.09. The highest BCUT2D eigenvalue weighted by Gasteiger charge is 2.17. The molecule has 0 aliphatic rings. The van der Waals surface area contributed by atoms with Crippen molar-refractivity contribution in [3.05, 3.63) is 65.2 Å². The number of rotatable bonds is 5. The van der Waals surface area contributed by atoms with E-state index in [-0.39, 0.29) is 17.0 Å². The molecule has 0 aliphatic heterocycles. The van der Waals surface area contributed by atoms with E-state index < -0.39 is 22.0 Å². The molecule has 2 aromatic rings. The normalized spacial score (nSPS) is 10.8. The second-order valence-electron chi connectivity index (χ2n) is 5.24. The van der Waals surface area contributed by atoms with E-state index >= 15 is 0 Å². The highest BCUT2D eigenvalue weighted by Crippen LogP contribution is 2.09. The van der Waals surface area contributed by atoms with Crippen LogP contribution in [-0.2, 0) is 16.6 Å². The molecule has 0 saturated carbocycles. The van der Waals surface area contributed by atoms with Crippen LogP contribution in [0.3, 0.4) is 0 Å². The molecule has 0 bridgehead atoms. The monoisotopic (exact) mass is 363 g/mol. The van der Waals surface area contributed by atoms with Gasteiger partial charge in [0, 0.05) is 12.1 Å². The summed E-state index contributed by atoms with van der Waals surface area (Å²) in [4.78, 5) is 23.0. The first-order valence-corrected chi connectivity index (χ1v) is 8.71. The molecule has 0 saturated heterocycles. The molecule has 0 unspecified atom stereocenters. The summed E-state index contributed by atoms with van der Waals surface area (Å²) < 4.78 is 26.1. The lowest BCUT2D eigenvalue weighted by molar-refractivity contribution is 0.0706. The summed E-state index contributed by atoms with van der Waals surface area (Å²) >= 11 is 0. The fraction of sp³-hybridized carbons (Fsp3) is 0.125. The van der Waals surface area contributed by atoms with Gasteiger partial charge in [-0.1, -0.05) is 29.8 Å². The topological polar surface area (TPSA) is 125 Å². The third-order valence-electron chi connectivity index (χ3n) is 3.33. The summed E-state index contributed by atoms with van der Waals surface area (Å²) in [6, 6.07) is 11.3. The smallest absolute Gasteiger partial charge is 0.328 e. The molecule has 25 heavy (non-hydrogen) atoms. The summed E-state index contributed by atoms with van der Waals surface area (Å²) in [5, 5.41) is 10.9. The maximum absolute atomic E-state index is 12.1. The average molecular weight is 363 g/mol. The second-order valence-corrected chi connectivity index (χ2v) is 6.92. The zero-order valence-electron chi connectivity index (χ0n) is 13.3. The molecule has 3 amide bonds. The summed E-state index contributed by atoms with van der Waals surface area (Å²) in [7, 11) is -3.94. The molecule has 0 radical (unpaired) electrons. The highest BCUT2D eigenvalue weighted by molar-refractivity contribution is 7.90. The zero-order chi connectivity index (χ0) is 18.4. The van der Waals surface area contributed by atoms with Gasteiger partial charge in [-0.15, -0.1) is 0 Å². The Morgan fingerprint density at radius 2 is 1.60 bits per heavy atom. The van der Waals surface area contributed by atoms with E-state index in [0.717, 1.165) is 5.56 Å². The van der Waals surface area contributed by atoms with E-state index in [1.54, 1.807) is 24.3 Å². The molecule has 4 N–H and O–H groups in total. The summed E-state index contributed by atoms with van der Waals surface area (Å²) in [5.41, 5.74) is 3.31. The van der Waals surface area contributed by atoms with Crippen molar-refractivity contribution in [1.29, 1.82) is 0 Å². The van der Waals surface area contributed by atoms with Gasteiger partial charge in [0.05, 0.1) is 4.90 Å². The summed E-state index contributed by atoms with van der Waals surface area (Å²) in [6.45, 7) is 1.89. The van der Waals surface area contributed by atoms with Crippen molar-refractivity contribution < 1.29 is 23.2 Å². The minimum atomic E-state index is -3.94. The van der Waals surface area contributed by atoms with E-state index in [1.165, 1.54) is 29.7 Å². The van der Waals surface area contributed by atoms with Gasteiger partial charge in [-0.05, 0) is 36.8 Å². The number of hydrogen-bond donors (Lipinski definition) is 4. The molecular formula is C16H17N3O5S. The van der Waals surface area contributed by atoms with Crippen LogP contribution in [0.4, 0.5) is 4.79 Å². The number of amides is 3. The van der Waals surface area contributed by atoms with Crippen molar-refractivity contribution >= 4 is 22.0 Å². The van der Waals surface area contributed by atoms with Crippen LogP contribution >= 0.6 is 0 Å². The van der Waals surface area contributed by atoms with Crippen molar-refractivity contribution in [2.45, 2.75) is 18.4 Å². The number of carbonyl (C=O) groups excluding carboxylic acids is 2. The average Bonchev–Trinajstić information content (AvgIpc) is 2.59. The molecule has 0 aliphatic carbocycles. The molecule has 0 heterocycles. The number of sulfonamides is 1. The van der Waals surface area contributed by atoms with Crippen molar-refractivity contribution in [1.82, 2.24) is 15.5 Å². The van der Waals surface area contributed by atoms with Gasteiger partial charge >= 0.3 is 6.03 Å². The Balaban J connectivity index is 1.94. The number of carbonyl (C=O) groups is 2. The van der Waals surface area contributed by atoms with Crippen molar-refractivity contribution in [2.75, 3.05) is 0 Å². The maximum Gasteiger partial charge on any atom is 0.328 e. The van der Waals surface area contributed by atoms with Gasteiger partial charge in [0.2, 0.25) is 0 Å². The molecule has 0 fully saturated rings. The van der Waals surface area contributed by atoms with Gasteiger partial charge in [-0.25, -0.2) is 23.4 Å². The Morgan fingerprint density at radius 3 is 2.16 bits per heavy atom. The third-order valence-corrected chi connectivity index (χ3v) is 4.68. The van der Waals surface area contributed by atoms with Crippen molar-refractivity contribution in [3.8, 4) is 0 Å². The van der Waals surface area contributed by atoms with Gasteiger partial charge in [-0.2, -0.15) is 0 Å². The fourth-order valence-electron chi connectivity index (χ4n) is 1.96. The van der Waals surface area contributed by atoms with Crippen LogP contribution < -0.4 is 15.5 Å². The number of hydrogen-bond acceptors (Lipinski definition) is 5. The van der Waals surface area contributed by atoms with Crippen LogP contribution in [0.1, 0.15) is 21.5 Å². The van der Waals surface area contributed by atoms with Crippen molar-refractivity contribution in [3.63, 3.8) is 0 Å². The SMILES string of the molecule is Cc1ccc(S(=O)(=O)NC(=O)NCc2ccc(C(=O)NO)cc2)cc1. The van der Waals surface area contributed by atoms with Crippen LogP contribution in [0.15, 0.2) is 53.4 Å². The Hall–Kier alpha value is -2.91. The predicted molar refractivity (Wildman–Crippen MR) is 89.4 cm³/mol. The molecule has 2 rings (SSSR count). The second kappa shape index (κ2) is 7.77. The minimum absolute atomic E-state index is 0.00683. The first-order chi connectivity index (χ1) is 11.8. The molecular weight excluding hydrogens is 346 g/mol. The van der Waals surface area contributed by atoms with Gasteiger partial charge in [0.25, 0.3) is 15.9 Å². The number of aryl methyl sites for hydroxylation is 1. The Bertz CT molecular complexity index is 862. The zero-order valence-corrected chi connectivity index (χ0v) is 14.1. The lowest BCUT2D eigenvalue weighted by Crippen LogP contribution is -2.39. The minimum Gasteiger partial charge on any atom is -0.333 e. The van der Waals surface area contributed by atoms with Gasteiger partial charge in [0.15, 0.2) is 0 Å². The number of urea groups is 1. The number of benzene rings is 2. The number of nitrogens with one attached hydrogen (secondary N) is 3. The maximum atomic E-state index is 12.1. The summed E-state index contributed by atoms with van der Waals surface area (Å²) in [6.07, 6.45) is 0. The number of hydroxylamine groups is 1. The lowest BCUT2D eigenvalue weighted by atomic mass is 10.1. The molecule has 0 atom stereocenters. The Labute approximate surface area is 144 Å². The predicted octanol–water partition coefficient (Wildman–Crippen LogP) is 1.30. The van der Waals surface area contributed by atoms with E-state index in [9.17, 15) is 18.0 Å². The Kier molecular flexibility index (Phi) is 5.73. The first-order valence-electron chi connectivity index (χ1n) is 7.22. The van der Waals surface area contributed by atoms with Gasteiger partial charge in [-0.3, -0.25) is 10.0 Å².